The van der Waals surface area contributed by atoms with Crippen molar-refractivity contribution >= 4 is 15.5 Å². The van der Waals surface area contributed by atoms with Crippen LogP contribution in [-0.4, -0.2) is 32.6 Å². The van der Waals surface area contributed by atoms with Gasteiger partial charge in [-0.05, 0) is 37.6 Å². The molecule has 0 amide bonds. The number of fused-ring (bicyclic) bond motifs is 2. The Labute approximate surface area is 114 Å². The predicted octanol–water partition coefficient (Wildman–Crippen LogP) is 1.49. The molecule has 3 rings (SSSR count). The summed E-state index contributed by atoms with van der Waals surface area (Å²) in [6.07, 6.45) is 1.75. The van der Waals surface area contributed by atoms with E-state index >= 15 is 0 Å². The van der Waals surface area contributed by atoms with Gasteiger partial charge in [-0.1, -0.05) is 25.1 Å². The largest absolute Gasteiger partial charge is 0.368 e. The zero-order chi connectivity index (χ0) is 13.5. The first kappa shape index (κ1) is 12.9. The molecule has 1 saturated heterocycles. The molecule has 0 bridgehead atoms. The maximum atomic E-state index is 12.5. The van der Waals surface area contributed by atoms with Crippen LogP contribution in [0, 0.1) is 0 Å². The van der Waals surface area contributed by atoms with Gasteiger partial charge in [0.25, 0.3) is 0 Å². The van der Waals surface area contributed by atoms with E-state index in [-0.39, 0.29) is 11.2 Å². The SMILES string of the molecule is CCS(=O)(=O)C1Nc2ccccc2C12CCNCC2. The van der Waals surface area contributed by atoms with Gasteiger partial charge in [0.2, 0.25) is 0 Å². The maximum Gasteiger partial charge on any atom is 0.171 e. The van der Waals surface area contributed by atoms with E-state index in [1.165, 1.54) is 5.56 Å². The summed E-state index contributed by atoms with van der Waals surface area (Å²) in [6.45, 7) is 3.49. The molecule has 1 atom stereocenters. The quantitative estimate of drug-likeness (QED) is 0.862. The number of piperidine rings is 1. The molecule has 5 heteroatoms. The van der Waals surface area contributed by atoms with Gasteiger partial charge in [0.05, 0.1) is 0 Å². The molecule has 1 aromatic rings. The number of hydrogen-bond acceptors (Lipinski definition) is 4. The van der Waals surface area contributed by atoms with Crippen molar-refractivity contribution in [3.05, 3.63) is 29.8 Å². The minimum absolute atomic E-state index is 0.188. The molecule has 104 valence electrons. The normalized spacial score (nSPS) is 25.0. The van der Waals surface area contributed by atoms with Gasteiger partial charge in [0, 0.05) is 16.9 Å². The second-order valence-electron chi connectivity index (χ2n) is 5.43. The monoisotopic (exact) mass is 280 g/mol. The van der Waals surface area contributed by atoms with Crippen LogP contribution < -0.4 is 10.6 Å². The second-order valence-corrected chi connectivity index (χ2v) is 7.80. The fraction of sp³-hybridized carbons (Fsp3) is 0.571. The molecule has 4 nitrogen and oxygen atoms in total. The Hall–Kier alpha value is -1.07. The van der Waals surface area contributed by atoms with Gasteiger partial charge in [-0.3, -0.25) is 0 Å². The molecule has 0 aliphatic carbocycles. The van der Waals surface area contributed by atoms with E-state index < -0.39 is 15.2 Å². The maximum absolute atomic E-state index is 12.5. The average molecular weight is 280 g/mol. The molecular weight excluding hydrogens is 260 g/mol. The van der Waals surface area contributed by atoms with E-state index in [2.05, 4.69) is 16.7 Å². The zero-order valence-electron chi connectivity index (χ0n) is 11.1. The van der Waals surface area contributed by atoms with Crippen LogP contribution in [0.4, 0.5) is 5.69 Å². The average Bonchev–Trinajstić information content (AvgIpc) is 2.76. The number of anilines is 1. The van der Waals surface area contributed by atoms with Gasteiger partial charge in [0.15, 0.2) is 9.84 Å². The van der Waals surface area contributed by atoms with Crippen LogP contribution in [-0.2, 0) is 15.3 Å². The van der Waals surface area contributed by atoms with Crippen LogP contribution >= 0.6 is 0 Å². The zero-order valence-corrected chi connectivity index (χ0v) is 12.0. The first-order valence-electron chi connectivity index (χ1n) is 6.88. The molecule has 0 saturated carbocycles. The summed E-state index contributed by atoms with van der Waals surface area (Å²) in [5.74, 6) is 0.188. The van der Waals surface area contributed by atoms with Gasteiger partial charge < -0.3 is 10.6 Å². The number of hydrogen-bond donors (Lipinski definition) is 2. The van der Waals surface area contributed by atoms with Crippen LogP contribution in [0.25, 0.3) is 0 Å². The van der Waals surface area contributed by atoms with E-state index in [4.69, 9.17) is 0 Å². The van der Waals surface area contributed by atoms with Crippen LogP contribution in [0.3, 0.4) is 0 Å². The molecule has 2 aliphatic heterocycles. The van der Waals surface area contributed by atoms with E-state index in [9.17, 15) is 8.42 Å². The molecule has 1 spiro atoms. The fourth-order valence-electron chi connectivity index (χ4n) is 3.47. The van der Waals surface area contributed by atoms with Crippen molar-refractivity contribution in [3.63, 3.8) is 0 Å². The molecule has 0 aromatic heterocycles. The standard InChI is InChI=1S/C14H20N2O2S/c1-2-19(17,18)13-14(7-9-15-10-8-14)11-5-3-4-6-12(11)16-13/h3-6,13,15-16H,2,7-10H2,1H3. The van der Waals surface area contributed by atoms with E-state index in [1.807, 2.05) is 18.2 Å². The van der Waals surface area contributed by atoms with Crippen LogP contribution in [0.2, 0.25) is 0 Å². The lowest BCUT2D eigenvalue weighted by Gasteiger charge is -2.38. The lowest BCUT2D eigenvalue weighted by atomic mass is 9.74. The Balaban J connectivity index is 2.13. The number of nitrogens with one attached hydrogen (secondary N) is 2. The Bertz CT molecular complexity index is 577. The summed E-state index contributed by atoms with van der Waals surface area (Å²) >= 11 is 0. The van der Waals surface area contributed by atoms with E-state index in [1.54, 1.807) is 6.92 Å². The molecule has 2 heterocycles. The number of para-hydroxylation sites is 1. The first-order chi connectivity index (χ1) is 9.10. The molecule has 2 N–H and O–H groups in total. The van der Waals surface area contributed by atoms with Gasteiger partial charge >= 0.3 is 0 Å². The minimum Gasteiger partial charge on any atom is -0.368 e. The van der Waals surface area contributed by atoms with Crippen molar-refractivity contribution < 1.29 is 8.42 Å². The van der Waals surface area contributed by atoms with E-state index in [0.717, 1.165) is 31.6 Å². The highest BCUT2D eigenvalue weighted by Gasteiger charge is 2.52. The highest BCUT2D eigenvalue weighted by Crippen LogP contribution is 2.48. The van der Waals surface area contributed by atoms with Crippen molar-refractivity contribution in [3.8, 4) is 0 Å². The molecule has 0 radical (unpaired) electrons. The van der Waals surface area contributed by atoms with Gasteiger partial charge in [-0.15, -0.1) is 0 Å². The molecule has 2 aliphatic rings. The lowest BCUT2D eigenvalue weighted by molar-refractivity contribution is 0.315. The third-order valence-corrected chi connectivity index (χ3v) is 6.60. The van der Waals surface area contributed by atoms with Gasteiger partial charge in [-0.25, -0.2) is 8.42 Å². The molecule has 19 heavy (non-hydrogen) atoms. The van der Waals surface area contributed by atoms with Crippen molar-refractivity contribution in [1.82, 2.24) is 5.32 Å². The Morgan fingerprint density at radius 1 is 1.26 bits per heavy atom. The topological polar surface area (TPSA) is 58.2 Å². The smallest absolute Gasteiger partial charge is 0.171 e. The molecule has 1 aromatic carbocycles. The fourth-order valence-corrected chi connectivity index (χ4v) is 5.16. The number of sulfone groups is 1. The summed E-state index contributed by atoms with van der Waals surface area (Å²) < 4.78 is 24.9. The predicted molar refractivity (Wildman–Crippen MR) is 77.1 cm³/mol. The third-order valence-electron chi connectivity index (χ3n) is 4.51. The van der Waals surface area contributed by atoms with Gasteiger partial charge in [-0.2, -0.15) is 0 Å². The lowest BCUT2D eigenvalue weighted by Crippen LogP contribution is -2.50. The summed E-state index contributed by atoms with van der Waals surface area (Å²) in [5, 5.41) is 6.14. The highest BCUT2D eigenvalue weighted by molar-refractivity contribution is 7.92. The Morgan fingerprint density at radius 2 is 1.95 bits per heavy atom. The van der Waals surface area contributed by atoms with Crippen molar-refractivity contribution in [2.24, 2.45) is 0 Å². The van der Waals surface area contributed by atoms with Crippen LogP contribution in [0.15, 0.2) is 24.3 Å². The summed E-state index contributed by atoms with van der Waals surface area (Å²) in [4.78, 5) is 0. The Kier molecular flexibility index (Phi) is 3.06. The van der Waals surface area contributed by atoms with Gasteiger partial charge in [0.1, 0.15) is 5.37 Å². The highest BCUT2D eigenvalue weighted by atomic mass is 32.2. The third kappa shape index (κ3) is 1.87. The van der Waals surface area contributed by atoms with Crippen LogP contribution in [0.1, 0.15) is 25.3 Å². The molecule has 1 fully saturated rings. The van der Waals surface area contributed by atoms with Crippen molar-refractivity contribution in [2.75, 3.05) is 24.2 Å². The summed E-state index contributed by atoms with van der Waals surface area (Å²) in [7, 11) is -3.11. The number of benzene rings is 1. The van der Waals surface area contributed by atoms with Crippen molar-refractivity contribution in [2.45, 2.75) is 30.6 Å². The van der Waals surface area contributed by atoms with Crippen LogP contribution in [0.5, 0.6) is 0 Å². The first-order valence-corrected chi connectivity index (χ1v) is 8.60. The minimum atomic E-state index is -3.11. The second kappa shape index (κ2) is 4.49. The molecular formula is C14H20N2O2S. The van der Waals surface area contributed by atoms with Crippen molar-refractivity contribution in [1.29, 1.82) is 0 Å². The molecule has 1 unspecified atom stereocenters. The summed E-state index contributed by atoms with van der Waals surface area (Å²) in [6, 6.07) is 8.04. The van der Waals surface area contributed by atoms with E-state index in [0.29, 0.717) is 0 Å². The summed E-state index contributed by atoms with van der Waals surface area (Å²) in [5.41, 5.74) is 1.92. The number of rotatable bonds is 2. The Morgan fingerprint density at radius 3 is 2.63 bits per heavy atom.